The summed E-state index contributed by atoms with van der Waals surface area (Å²) in [5.74, 6) is 1.02. The third-order valence-corrected chi connectivity index (χ3v) is 4.99. The molecule has 1 atom stereocenters. The third-order valence-electron chi connectivity index (χ3n) is 4.99. The maximum atomic E-state index is 6.12. The Bertz CT molecular complexity index is 457. The molecule has 0 spiro atoms. The maximum Gasteiger partial charge on any atom is 0.123 e. The molecule has 21 heavy (non-hydrogen) atoms. The number of ether oxygens (including phenoxy) is 1. The summed E-state index contributed by atoms with van der Waals surface area (Å²) in [5.41, 5.74) is 3.05. The summed E-state index contributed by atoms with van der Waals surface area (Å²) in [6.45, 7) is 19.7. The summed E-state index contributed by atoms with van der Waals surface area (Å²) in [5, 5.41) is 0. The lowest BCUT2D eigenvalue weighted by Gasteiger charge is -2.31. The second-order valence-corrected chi connectivity index (χ2v) is 7.40. The Kier molecular flexibility index (Phi) is 5.90. The van der Waals surface area contributed by atoms with Gasteiger partial charge in [0.05, 0.1) is 6.10 Å². The van der Waals surface area contributed by atoms with E-state index in [0.717, 1.165) is 25.0 Å². The van der Waals surface area contributed by atoms with Crippen LogP contribution in [0, 0.1) is 6.92 Å². The predicted molar refractivity (Wildman–Crippen MR) is 93.1 cm³/mol. The zero-order chi connectivity index (χ0) is 16.3. The highest BCUT2D eigenvalue weighted by Gasteiger charge is 2.26. The molecular formula is C20H33O. The Morgan fingerprint density at radius 2 is 1.62 bits per heavy atom. The Morgan fingerprint density at radius 1 is 1.05 bits per heavy atom. The van der Waals surface area contributed by atoms with Gasteiger partial charge in [-0.15, -0.1) is 0 Å². The Balaban J connectivity index is 3.33. The van der Waals surface area contributed by atoms with E-state index in [9.17, 15) is 0 Å². The van der Waals surface area contributed by atoms with Crippen molar-refractivity contribution in [3.63, 3.8) is 0 Å². The third kappa shape index (κ3) is 4.25. The van der Waals surface area contributed by atoms with Gasteiger partial charge in [-0.2, -0.15) is 0 Å². The van der Waals surface area contributed by atoms with Crippen molar-refractivity contribution >= 4 is 0 Å². The summed E-state index contributed by atoms with van der Waals surface area (Å²) in [6, 6.07) is 6.74. The first-order valence-corrected chi connectivity index (χ1v) is 8.28. The van der Waals surface area contributed by atoms with E-state index in [1.807, 2.05) is 0 Å². The Labute approximate surface area is 132 Å². The number of benzene rings is 1. The van der Waals surface area contributed by atoms with Crippen molar-refractivity contribution in [3.05, 3.63) is 36.2 Å². The van der Waals surface area contributed by atoms with Crippen LogP contribution in [0.5, 0.6) is 5.75 Å². The van der Waals surface area contributed by atoms with Crippen LogP contribution in [-0.4, -0.2) is 6.10 Å². The Hall–Kier alpha value is -0.980. The lowest BCUT2D eigenvalue weighted by Crippen LogP contribution is -2.22. The number of hydrogen-bond donors (Lipinski definition) is 0. The second kappa shape index (κ2) is 6.85. The van der Waals surface area contributed by atoms with Gasteiger partial charge in [-0.3, -0.25) is 0 Å². The molecule has 1 aromatic carbocycles. The van der Waals surface area contributed by atoms with E-state index < -0.39 is 0 Å². The first-order valence-electron chi connectivity index (χ1n) is 8.28. The van der Waals surface area contributed by atoms with Gasteiger partial charge in [-0.05, 0) is 55.6 Å². The summed E-state index contributed by atoms with van der Waals surface area (Å²) in [6.07, 6.45) is 3.17. The largest absolute Gasteiger partial charge is 0.490 e. The average molecular weight is 289 g/mol. The van der Waals surface area contributed by atoms with E-state index in [1.54, 1.807) is 0 Å². The minimum Gasteiger partial charge on any atom is -0.490 e. The van der Waals surface area contributed by atoms with Gasteiger partial charge < -0.3 is 4.74 Å². The van der Waals surface area contributed by atoms with Crippen molar-refractivity contribution < 1.29 is 4.74 Å². The minimum atomic E-state index is 0.121. The van der Waals surface area contributed by atoms with Gasteiger partial charge in [-0.1, -0.05) is 53.7 Å². The van der Waals surface area contributed by atoms with Crippen LogP contribution in [0.4, 0.5) is 0 Å². The number of rotatable bonds is 7. The molecule has 0 aliphatic heterocycles. The minimum absolute atomic E-state index is 0.121. The van der Waals surface area contributed by atoms with Crippen molar-refractivity contribution in [3.8, 4) is 5.75 Å². The molecule has 1 heteroatoms. The van der Waals surface area contributed by atoms with Crippen LogP contribution < -0.4 is 4.74 Å². The van der Waals surface area contributed by atoms with Gasteiger partial charge in [0.15, 0.2) is 0 Å². The van der Waals surface area contributed by atoms with Crippen LogP contribution in [0.25, 0.3) is 0 Å². The summed E-state index contributed by atoms with van der Waals surface area (Å²) < 4.78 is 6.12. The predicted octanol–water partition coefficient (Wildman–Crippen LogP) is 6.05. The molecule has 0 aromatic heterocycles. The molecule has 0 saturated carbocycles. The number of hydrogen-bond acceptors (Lipinski definition) is 1. The zero-order valence-electron chi connectivity index (χ0n) is 15.0. The highest BCUT2D eigenvalue weighted by molar-refractivity contribution is 5.44. The maximum absolute atomic E-state index is 6.12. The fraction of sp³-hybridized carbons (Fsp3) is 0.650. The molecule has 0 aliphatic rings. The molecule has 0 heterocycles. The fourth-order valence-corrected chi connectivity index (χ4v) is 2.25. The monoisotopic (exact) mass is 289 g/mol. The normalized spacial score (nSPS) is 14.1. The van der Waals surface area contributed by atoms with Gasteiger partial charge in [0.1, 0.15) is 5.75 Å². The van der Waals surface area contributed by atoms with E-state index >= 15 is 0 Å². The molecule has 0 N–H and O–H groups in total. The highest BCUT2D eigenvalue weighted by atomic mass is 16.5. The van der Waals surface area contributed by atoms with Crippen LogP contribution in [-0.2, 0) is 10.8 Å². The van der Waals surface area contributed by atoms with Crippen molar-refractivity contribution in [2.45, 2.75) is 84.7 Å². The van der Waals surface area contributed by atoms with E-state index in [2.05, 4.69) is 73.6 Å². The van der Waals surface area contributed by atoms with E-state index in [1.165, 1.54) is 11.1 Å². The zero-order valence-corrected chi connectivity index (χ0v) is 15.0. The average Bonchev–Trinajstić information content (AvgIpc) is 2.47. The van der Waals surface area contributed by atoms with Crippen LogP contribution in [0.1, 0.15) is 78.9 Å². The van der Waals surface area contributed by atoms with Crippen LogP contribution >= 0.6 is 0 Å². The van der Waals surface area contributed by atoms with E-state index in [0.29, 0.717) is 0 Å². The lowest BCUT2D eigenvalue weighted by molar-refractivity contribution is 0.218. The molecule has 0 saturated heterocycles. The van der Waals surface area contributed by atoms with Crippen LogP contribution in [0.3, 0.4) is 0 Å². The molecule has 1 rings (SSSR count). The molecule has 0 amide bonds. The van der Waals surface area contributed by atoms with Gasteiger partial charge in [0, 0.05) is 5.56 Å². The molecule has 119 valence electrons. The van der Waals surface area contributed by atoms with Gasteiger partial charge in [-0.25, -0.2) is 0 Å². The van der Waals surface area contributed by atoms with Gasteiger partial charge in [0.25, 0.3) is 0 Å². The molecule has 1 radical (unpaired) electrons. The fourth-order valence-electron chi connectivity index (χ4n) is 2.25. The molecule has 0 aliphatic carbocycles. The van der Waals surface area contributed by atoms with Crippen molar-refractivity contribution in [1.29, 1.82) is 0 Å². The van der Waals surface area contributed by atoms with E-state index in [-0.39, 0.29) is 16.9 Å². The smallest absolute Gasteiger partial charge is 0.123 e. The summed E-state index contributed by atoms with van der Waals surface area (Å²) >= 11 is 0. The molecular weight excluding hydrogens is 256 g/mol. The van der Waals surface area contributed by atoms with Gasteiger partial charge in [0.2, 0.25) is 0 Å². The van der Waals surface area contributed by atoms with E-state index in [4.69, 9.17) is 4.74 Å². The SMILES string of the molecule is [CH2]CC(C)Oc1ccc(C(C)(C)CC)cc1C(C)(C)CC. The summed E-state index contributed by atoms with van der Waals surface area (Å²) in [7, 11) is 0. The standard InChI is InChI=1S/C20H33O/c1-9-15(4)21-18-13-12-16(19(5,6)10-2)14-17(18)20(7,8)11-3/h12-15H,1,9-11H2,2-8H3. The quantitative estimate of drug-likeness (QED) is 0.593. The molecule has 1 unspecified atom stereocenters. The molecule has 0 fully saturated rings. The first-order chi connectivity index (χ1) is 9.67. The topological polar surface area (TPSA) is 9.23 Å². The summed E-state index contributed by atoms with van der Waals surface area (Å²) in [4.78, 5) is 0. The van der Waals surface area contributed by atoms with Crippen LogP contribution in [0.2, 0.25) is 0 Å². The lowest BCUT2D eigenvalue weighted by atomic mass is 9.76. The molecule has 0 bridgehead atoms. The van der Waals surface area contributed by atoms with Gasteiger partial charge >= 0.3 is 0 Å². The first kappa shape index (κ1) is 18.1. The molecule has 1 nitrogen and oxygen atoms in total. The Morgan fingerprint density at radius 3 is 2.10 bits per heavy atom. The highest BCUT2D eigenvalue weighted by Crippen LogP contribution is 2.38. The van der Waals surface area contributed by atoms with Crippen molar-refractivity contribution in [2.75, 3.05) is 0 Å². The van der Waals surface area contributed by atoms with Crippen molar-refractivity contribution in [1.82, 2.24) is 0 Å². The second-order valence-electron chi connectivity index (χ2n) is 7.40. The van der Waals surface area contributed by atoms with Crippen molar-refractivity contribution in [2.24, 2.45) is 0 Å². The molecule has 1 aromatic rings. The van der Waals surface area contributed by atoms with Crippen LogP contribution in [0.15, 0.2) is 18.2 Å².